The molecule has 1 aromatic rings. The second-order valence-corrected chi connectivity index (χ2v) is 6.93. The van der Waals surface area contributed by atoms with Crippen molar-refractivity contribution in [1.29, 1.82) is 0 Å². The van der Waals surface area contributed by atoms with Crippen LogP contribution in [0.4, 0.5) is 0 Å². The van der Waals surface area contributed by atoms with Crippen LogP contribution in [0.3, 0.4) is 0 Å². The Morgan fingerprint density at radius 1 is 1.31 bits per heavy atom. The summed E-state index contributed by atoms with van der Waals surface area (Å²) < 4.78 is 5.46. The summed E-state index contributed by atoms with van der Waals surface area (Å²) in [7, 11) is 6.15. The second-order valence-electron chi connectivity index (χ2n) is 6.93. The maximum atomic E-state index is 5.46. The van der Waals surface area contributed by atoms with Gasteiger partial charge in [0.25, 0.3) is 0 Å². The second kappa shape index (κ2) is 11.8. The lowest BCUT2D eigenvalue weighted by Crippen LogP contribution is -2.55. The lowest BCUT2D eigenvalue weighted by molar-refractivity contribution is 0.116. The fraction of sp³-hybridized carbons (Fsp3) is 0.778. The molecule has 0 aliphatic carbocycles. The Hall–Kier alpha value is -0.870. The van der Waals surface area contributed by atoms with Crippen LogP contribution in [0, 0.1) is 0 Å². The average Bonchev–Trinajstić information content (AvgIpc) is 3.08. The zero-order chi connectivity index (χ0) is 18.2. The predicted molar refractivity (Wildman–Crippen MR) is 117 cm³/mol. The van der Waals surface area contributed by atoms with Gasteiger partial charge < -0.3 is 20.1 Å². The number of nitrogens with zero attached hydrogens (tertiary/aromatic N) is 4. The van der Waals surface area contributed by atoms with Gasteiger partial charge in [-0.2, -0.15) is 0 Å². The first-order valence-electron chi connectivity index (χ1n) is 9.36. The van der Waals surface area contributed by atoms with Crippen molar-refractivity contribution >= 4 is 29.9 Å². The zero-order valence-corrected chi connectivity index (χ0v) is 19.1. The van der Waals surface area contributed by atoms with Crippen LogP contribution < -0.4 is 10.6 Å². The van der Waals surface area contributed by atoms with Gasteiger partial charge in [0, 0.05) is 51.3 Å². The molecule has 1 aromatic heterocycles. The van der Waals surface area contributed by atoms with E-state index in [9.17, 15) is 0 Å². The molecule has 8 heteroatoms. The summed E-state index contributed by atoms with van der Waals surface area (Å²) in [5.74, 6) is 2.12. The highest BCUT2D eigenvalue weighted by Gasteiger charge is 2.22. The molecule has 150 valence electrons. The molecule has 0 aromatic carbocycles. The molecule has 0 spiro atoms. The van der Waals surface area contributed by atoms with Gasteiger partial charge in [-0.3, -0.25) is 9.89 Å². The van der Waals surface area contributed by atoms with Crippen molar-refractivity contribution in [1.82, 2.24) is 25.6 Å². The minimum atomic E-state index is 0. The van der Waals surface area contributed by atoms with E-state index in [2.05, 4.69) is 64.6 Å². The average molecular weight is 478 g/mol. The van der Waals surface area contributed by atoms with Crippen molar-refractivity contribution in [3.05, 3.63) is 17.5 Å². The van der Waals surface area contributed by atoms with Crippen LogP contribution in [0.5, 0.6) is 0 Å². The summed E-state index contributed by atoms with van der Waals surface area (Å²) in [6.45, 7) is 9.14. The quantitative estimate of drug-likeness (QED) is 0.356. The molecule has 2 rings (SSSR count). The first-order chi connectivity index (χ1) is 12.1. The number of piperazine rings is 1. The molecule has 1 saturated heterocycles. The summed E-state index contributed by atoms with van der Waals surface area (Å²) in [5.41, 5.74) is 1.05. The summed E-state index contributed by atoms with van der Waals surface area (Å²) in [4.78, 5) is 9.08. The van der Waals surface area contributed by atoms with Gasteiger partial charge in [0.05, 0.1) is 12.2 Å². The number of rotatable bonds is 7. The normalized spacial score (nSPS) is 19.5. The smallest absolute Gasteiger partial charge is 0.191 e. The summed E-state index contributed by atoms with van der Waals surface area (Å²) in [5, 5.41) is 10.9. The number of aromatic nitrogens is 1. The number of hydrogen-bond donors (Lipinski definition) is 2. The Morgan fingerprint density at radius 2 is 2.04 bits per heavy atom. The van der Waals surface area contributed by atoms with Gasteiger partial charge in [-0.25, -0.2) is 0 Å². The highest BCUT2D eigenvalue weighted by Crippen LogP contribution is 2.22. The third-order valence-electron chi connectivity index (χ3n) is 5.12. The molecule has 2 heterocycles. The number of likely N-dealkylation sites (N-methyl/N-ethyl adjacent to an activating group) is 2. The van der Waals surface area contributed by atoms with Gasteiger partial charge >= 0.3 is 0 Å². The Bertz CT molecular complexity index is 546. The Morgan fingerprint density at radius 3 is 2.69 bits per heavy atom. The molecule has 0 bridgehead atoms. The SMILES string of the molecule is CCC(CC)c1cc(CNC(=NC)NCC2CN(C)CCN2C)on1.I. The lowest BCUT2D eigenvalue weighted by Gasteiger charge is -2.37. The molecule has 26 heavy (non-hydrogen) atoms. The first kappa shape index (κ1) is 23.2. The fourth-order valence-corrected chi connectivity index (χ4v) is 3.24. The van der Waals surface area contributed by atoms with Crippen LogP contribution in [0.25, 0.3) is 0 Å². The third kappa shape index (κ3) is 6.70. The molecule has 2 N–H and O–H groups in total. The summed E-state index contributed by atoms with van der Waals surface area (Å²) in [6.07, 6.45) is 2.17. The van der Waals surface area contributed by atoms with Crippen LogP contribution in [0.15, 0.2) is 15.6 Å². The van der Waals surface area contributed by atoms with Crippen LogP contribution in [-0.4, -0.2) is 74.3 Å². The maximum absolute atomic E-state index is 5.46. The molecule has 1 fully saturated rings. The van der Waals surface area contributed by atoms with Crippen molar-refractivity contribution in [3.8, 4) is 0 Å². The zero-order valence-electron chi connectivity index (χ0n) is 16.8. The highest BCUT2D eigenvalue weighted by atomic mass is 127. The molecule has 0 amide bonds. The number of aliphatic imine (C=N–C) groups is 1. The number of hydrogen-bond acceptors (Lipinski definition) is 5. The molecular weight excluding hydrogens is 443 g/mol. The number of guanidine groups is 1. The van der Waals surface area contributed by atoms with Crippen molar-refractivity contribution in [2.45, 2.75) is 45.2 Å². The molecule has 1 aliphatic rings. The number of halogens is 1. The molecule has 0 radical (unpaired) electrons. The van der Waals surface area contributed by atoms with Crippen molar-refractivity contribution in [2.75, 3.05) is 47.3 Å². The topological polar surface area (TPSA) is 68.9 Å². The van der Waals surface area contributed by atoms with Gasteiger partial charge in [0.1, 0.15) is 0 Å². The van der Waals surface area contributed by atoms with Gasteiger partial charge in [-0.1, -0.05) is 19.0 Å². The third-order valence-corrected chi connectivity index (χ3v) is 5.12. The van der Waals surface area contributed by atoms with E-state index in [1.165, 1.54) is 0 Å². The minimum absolute atomic E-state index is 0. The number of nitrogens with one attached hydrogen (secondary N) is 2. The fourth-order valence-electron chi connectivity index (χ4n) is 3.24. The van der Waals surface area contributed by atoms with E-state index in [0.717, 1.165) is 56.4 Å². The largest absolute Gasteiger partial charge is 0.359 e. The van der Waals surface area contributed by atoms with E-state index < -0.39 is 0 Å². The van der Waals surface area contributed by atoms with Gasteiger partial charge in [-0.05, 0) is 26.9 Å². The lowest BCUT2D eigenvalue weighted by atomic mass is 9.99. The van der Waals surface area contributed by atoms with E-state index in [-0.39, 0.29) is 24.0 Å². The molecule has 1 aliphatic heterocycles. The van der Waals surface area contributed by atoms with Crippen LogP contribution >= 0.6 is 24.0 Å². The van der Waals surface area contributed by atoms with E-state index in [1.807, 2.05) is 0 Å². The standard InChI is InChI=1S/C18H34N6O.HI/c1-6-14(7-2)17-10-16(25-22-17)12-21-18(19-3)20-11-15-13-23(4)8-9-24(15)5;/h10,14-15H,6-9,11-13H2,1-5H3,(H2,19,20,21);1H. The molecular formula is C18H35IN6O. The van der Waals surface area contributed by atoms with E-state index in [4.69, 9.17) is 4.52 Å². The summed E-state index contributed by atoms with van der Waals surface area (Å²) in [6, 6.07) is 2.55. The molecule has 1 atom stereocenters. The van der Waals surface area contributed by atoms with Gasteiger partial charge in [0.2, 0.25) is 0 Å². The maximum Gasteiger partial charge on any atom is 0.191 e. The monoisotopic (exact) mass is 478 g/mol. The van der Waals surface area contributed by atoms with E-state index >= 15 is 0 Å². The van der Waals surface area contributed by atoms with Crippen LogP contribution in [0.1, 0.15) is 44.1 Å². The minimum Gasteiger partial charge on any atom is -0.359 e. The predicted octanol–water partition coefficient (Wildman–Crippen LogP) is 2.11. The van der Waals surface area contributed by atoms with Gasteiger partial charge in [-0.15, -0.1) is 24.0 Å². The first-order valence-corrected chi connectivity index (χ1v) is 9.36. The van der Waals surface area contributed by atoms with Crippen LogP contribution in [0.2, 0.25) is 0 Å². The Labute approximate surface area is 175 Å². The van der Waals surface area contributed by atoms with Crippen molar-refractivity contribution in [3.63, 3.8) is 0 Å². The summed E-state index contributed by atoms with van der Waals surface area (Å²) >= 11 is 0. The highest BCUT2D eigenvalue weighted by molar-refractivity contribution is 14.0. The molecule has 7 nitrogen and oxygen atoms in total. The van der Waals surface area contributed by atoms with E-state index in [0.29, 0.717) is 18.5 Å². The van der Waals surface area contributed by atoms with Crippen molar-refractivity contribution in [2.24, 2.45) is 4.99 Å². The van der Waals surface area contributed by atoms with Gasteiger partial charge in [0.15, 0.2) is 11.7 Å². The van der Waals surface area contributed by atoms with E-state index in [1.54, 1.807) is 7.05 Å². The Balaban J connectivity index is 0.00000338. The van der Waals surface area contributed by atoms with Crippen molar-refractivity contribution < 1.29 is 4.52 Å². The Kier molecular flexibility index (Phi) is 10.5. The molecule has 1 unspecified atom stereocenters. The van der Waals surface area contributed by atoms with Crippen LogP contribution in [-0.2, 0) is 6.54 Å². The molecule has 0 saturated carbocycles.